The van der Waals surface area contributed by atoms with Crippen LogP contribution in [0.2, 0.25) is 0 Å². The van der Waals surface area contributed by atoms with Gasteiger partial charge in [-0.2, -0.15) is 5.26 Å². The third-order valence-corrected chi connectivity index (χ3v) is 2.67. The van der Waals surface area contributed by atoms with Crippen LogP contribution in [-0.2, 0) is 4.74 Å². The maximum absolute atomic E-state index is 10.6. The molecule has 0 aromatic heterocycles. The van der Waals surface area contributed by atoms with Crippen LogP contribution in [0.1, 0.15) is 18.1 Å². The van der Waals surface area contributed by atoms with E-state index in [1.54, 1.807) is 12.1 Å². The number of hydrogen-bond donors (Lipinski definition) is 0. The Labute approximate surface area is 92.4 Å². The second-order valence-corrected chi connectivity index (χ2v) is 3.67. The number of nitriles is 1. The first-order valence-corrected chi connectivity index (χ1v) is 4.98. The van der Waals surface area contributed by atoms with Crippen LogP contribution in [0.3, 0.4) is 0 Å². The molecule has 1 fully saturated rings. The summed E-state index contributed by atoms with van der Waals surface area (Å²) in [4.78, 5) is 10.2. The van der Waals surface area contributed by atoms with Crippen molar-refractivity contribution in [2.75, 3.05) is 6.61 Å². The lowest BCUT2D eigenvalue weighted by Gasteiger charge is -2.12. The van der Waals surface area contributed by atoms with E-state index in [0.29, 0.717) is 18.6 Å². The van der Waals surface area contributed by atoms with Crippen molar-refractivity contribution in [3.8, 4) is 6.07 Å². The highest BCUT2D eigenvalue weighted by Crippen LogP contribution is 2.35. The van der Waals surface area contributed by atoms with Gasteiger partial charge in [-0.05, 0) is 12.0 Å². The number of rotatable bonds is 2. The second kappa shape index (κ2) is 4.29. The van der Waals surface area contributed by atoms with Crippen molar-refractivity contribution >= 4 is 5.69 Å². The summed E-state index contributed by atoms with van der Waals surface area (Å²) in [6.07, 6.45) is 0.356. The number of hydrogen-bond acceptors (Lipinski definition) is 4. The van der Waals surface area contributed by atoms with Crippen molar-refractivity contribution in [2.45, 2.75) is 12.5 Å². The fraction of sp³-hybridized carbons (Fsp3) is 0.364. The predicted octanol–water partition coefficient (Wildman–Crippen LogP) is 2.20. The highest BCUT2D eigenvalue weighted by Gasteiger charge is 2.30. The summed E-state index contributed by atoms with van der Waals surface area (Å²) < 4.78 is 5.43. The number of benzene rings is 1. The van der Waals surface area contributed by atoms with Gasteiger partial charge in [-0.1, -0.05) is 12.1 Å². The Morgan fingerprint density at radius 2 is 2.38 bits per heavy atom. The van der Waals surface area contributed by atoms with E-state index in [2.05, 4.69) is 6.07 Å². The summed E-state index contributed by atoms with van der Waals surface area (Å²) in [6.45, 7) is 0.533. The van der Waals surface area contributed by atoms with Gasteiger partial charge in [0.25, 0.3) is 5.69 Å². The average molecular weight is 218 g/mol. The van der Waals surface area contributed by atoms with Crippen molar-refractivity contribution in [3.63, 3.8) is 0 Å². The number of ether oxygens (including phenoxy) is 1. The largest absolute Gasteiger partial charge is 0.372 e. The quantitative estimate of drug-likeness (QED) is 0.563. The molecule has 0 amide bonds. The van der Waals surface area contributed by atoms with Crippen LogP contribution in [0.4, 0.5) is 5.69 Å². The van der Waals surface area contributed by atoms with Gasteiger partial charge in [0, 0.05) is 18.7 Å². The lowest BCUT2D eigenvalue weighted by molar-refractivity contribution is -0.385. The molecule has 1 aromatic rings. The minimum absolute atomic E-state index is 0.0321. The average Bonchev–Trinajstić information content (AvgIpc) is 2.77. The van der Waals surface area contributed by atoms with E-state index < -0.39 is 4.92 Å². The van der Waals surface area contributed by atoms with Gasteiger partial charge < -0.3 is 4.74 Å². The number of non-ortho nitro benzene ring substituents is 1. The minimum atomic E-state index is -0.445. The highest BCUT2D eigenvalue weighted by molar-refractivity contribution is 5.36. The molecule has 1 aromatic carbocycles. The third-order valence-electron chi connectivity index (χ3n) is 2.67. The fourth-order valence-electron chi connectivity index (χ4n) is 1.87. The molecule has 0 aliphatic carbocycles. The summed E-state index contributed by atoms with van der Waals surface area (Å²) >= 11 is 0. The van der Waals surface area contributed by atoms with Crippen molar-refractivity contribution in [1.82, 2.24) is 0 Å². The number of nitro benzene ring substituents is 1. The minimum Gasteiger partial charge on any atom is -0.372 e. The van der Waals surface area contributed by atoms with E-state index in [1.807, 2.05) is 0 Å². The van der Waals surface area contributed by atoms with Crippen molar-refractivity contribution in [2.24, 2.45) is 5.92 Å². The van der Waals surface area contributed by atoms with Gasteiger partial charge in [0.1, 0.15) is 0 Å². The summed E-state index contributed by atoms with van der Waals surface area (Å²) in [5.41, 5.74) is 0.739. The third kappa shape index (κ3) is 1.88. The molecule has 0 saturated carbocycles. The first-order valence-electron chi connectivity index (χ1n) is 4.98. The molecule has 0 bridgehead atoms. The molecule has 5 heteroatoms. The van der Waals surface area contributed by atoms with Crippen LogP contribution in [0.15, 0.2) is 24.3 Å². The molecule has 2 rings (SSSR count). The smallest absolute Gasteiger partial charge is 0.269 e. The van der Waals surface area contributed by atoms with Gasteiger partial charge in [0.05, 0.1) is 23.0 Å². The molecular weight excluding hydrogens is 208 g/mol. The van der Waals surface area contributed by atoms with Crippen molar-refractivity contribution < 1.29 is 9.66 Å². The normalized spacial score (nSPS) is 23.9. The maximum Gasteiger partial charge on any atom is 0.269 e. The summed E-state index contributed by atoms with van der Waals surface area (Å²) in [5, 5.41) is 19.5. The Morgan fingerprint density at radius 1 is 1.56 bits per heavy atom. The Morgan fingerprint density at radius 3 is 3.06 bits per heavy atom. The monoisotopic (exact) mass is 218 g/mol. The molecule has 1 aliphatic rings. The Kier molecular flexibility index (Phi) is 2.84. The number of nitro groups is 1. The Hall–Kier alpha value is -1.93. The van der Waals surface area contributed by atoms with Crippen LogP contribution in [0.5, 0.6) is 0 Å². The summed E-state index contributed by atoms with van der Waals surface area (Å²) in [7, 11) is 0. The van der Waals surface area contributed by atoms with E-state index >= 15 is 0 Å². The van der Waals surface area contributed by atoms with Gasteiger partial charge in [-0.25, -0.2) is 0 Å². The summed E-state index contributed by atoms with van der Waals surface area (Å²) in [5.74, 6) is -0.206. The molecule has 16 heavy (non-hydrogen) atoms. The first kappa shape index (κ1) is 10.6. The van der Waals surface area contributed by atoms with Crippen molar-refractivity contribution in [1.29, 1.82) is 5.26 Å². The predicted molar refractivity (Wildman–Crippen MR) is 55.5 cm³/mol. The van der Waals surface area contributed by atoms with E-state index in [4.69, 9.17) is 10.00 Å². The summed E-state index contributed by atoms with van der Waals surface area (Å²) in [6, 6.07) is 8.44. The van der Waals surface area contributed by atoms with Crippen LogP contribution in [0, 0.1) is 27.4 Å². The zero-order valence-electron chi connectivity index (χ0n) is 8.50. The van der Waals surface area contributed by atoms with Gasteiger partial charge in [0.2, 0.25) is 0 Å². The van der Waals surface area contributed by atoms with Crippen LogP contribution < -0.4 is 0 Å². The molecule has 1 saturated heterocycles. The van der Waals surface area contributed by atoms with Crippen LogP contribution in [0.25, 0.3) is 0 Å². The van der Waals surface area contributed by atoms with E-state index in [0.717, 1.165) is 0 Å². The molecule has 0 radical (unpaired) electrons. The lowest BCUT2D eigenvalue weighted by Crippen LogP contribution is -2.05. The van der Waals surface area contributed by atoms with E-state index in [1.165, 1.54) is 12.1 Å². The lowest BCUT2D eigenvalue weighted by atomic mass is 9.96. The molecule has 82 valence electrons. The zero-order chi connectivity index (χ0) is 11.5. The fourth-order valence-corrected chi connectivity index (χ4v) is 1.87. The van der Waals surface area contributed by atoms with E-state index in [9.17, 15) is 10.1 Å². The Balaban J connectivity index is 2.30. The highest BCUT2D eigenvalue weighted by atomic mass is 16.6. The molecule has 2 unspecified atom stereocenters. The SMILES string of the molecule is N#CC1CCOC1c1cccc([N+](=O)[O-])c1. The molecule has 0 N–H and O–H groups in total. The molecule has 1 aliphatic heterocycles. The van der Waals surface area contributed by atoms with Crippen LogP contribution in [-0.4, -0.2) is 11.5 Å². The van der Waals surface area contributed by atoms with E-state index in [-0.39, 0.29) is 17.7 Å². The Bertz CT molecular complexity index is 453. The van der Waals surface area contributed by atoms with Crippen molar-refractivity contribution in [3.05, 3.63) is 39.9 Å². The first-order chi connectivity index (χ1) is 7.72. The van der Waals surface area contributed by atoms with Crippen LogP contribution >= 0.6 is 0 Å². The van der Waals surface area contributed by atoms with Gasteiger partial charge in [-0.15, -0.1) is 0 Å². The van der Waals surface area contributed by atoms with Gasteiger partial charge in [0.15, 0.2) is 0 Å². The standard InChI is InChI=1S/C11H10N2O3/c12-7-9-4-5-16-11(9)8-2-1-3-10(6-8)13(14)15/h1-3,6,9,11H,4-5H2. The maximum atomic E-state index is 10.6. The van der Waals surface area contributed by atoms with Gasteiger partial charge >= 0.3 is 0 Å². The second-order valence-electron chi connectivity index (χ2n) is 3.67. The topological polar surface area (TPSA) is 76.2 Å². The zero-order valence-corrected chi connectivity index (χ0v) is 8.50. The molecule has 2 atom stereocenters. The molecule has 5 nitrogen and oxygen atoms in total. The number of nitrogens with zero attached hydrogens (tertiary/aromatic N) is 2. The molecule has 0 spiro atoms. The van der Waals surface area contributed by atoms with Gasteiger partial charge in [-0.3, -0.25) is 10.1 Å². The molecule has 1 heterocycles. The molecular formula is C11H10N2O3.